The van der Waals surface area contributed by atoms with Crippen LogP contribution >= 0.6 is 0 Å². The molecule has 0 heterocycles. The van der Waals surface area contributed by atoms with Crippen molar-refractivity contribution in [3.63, 3.8) is 0 Å². The van der Waals surface area contributed by atoms with Crippen LogP contribution in [0.25, 0.3) is 0 Å². The van der Waals surface area contributed by atoms with E-state index in [0.29, 0.717) is 18.6 Å². The molecule has 0 aromatic carbocycles. The van der Waals surface area contributed by atoms with E-state index in [9.17, 15) is 0 Å². The molecule has 1 saturated carbocycles. The number of hydrogen-bond acceptors (Lipinski definition) is 2. The molecule has 3 N–H and O–H groups in total. The van der Waals surface area contributed by atoms with Crippen molar-refractivity contribution in [2.24, 2.45) is 11.7 Å². The van der Waals surface area contributed by atoms with E-state index in [-0.39, 0.29) is 0 Å². The molecule has 54 valence electrons. The van der Waals surface area contributed by atoms with Gasteiger partial charge in [0, 0.05) is 12.6 Å². The summed E-state index contributed by atoms with van der Waals surface area (Å²) >= 11 is 0. The molecule has 1 rings (SSSR count). The minimum atomic E-state index is 0.331. The van der Waals surface area contributed by atoms with Gasteiger partial charge in [0.25, 0.3) is 0 Å². The van der Waals surface area contributed by atoms with E-state index in [0.717, 1.165) is 19.3 Å². The molecular formula is C7H15NO. The Morgan fingerprint density at radius 1 is 1.44 bits per heavy atom. The first-order valence-corrected chi connectivity index (χ1v) is 3.69. The lowest BCUT2D eigenvalue weighted by atomic mass is 10.1. The lowest BCUT2D eigenvalue weighted by molar-refractivity contribution is 0.258. The molecule has 0 bridgehead atoms. The summed E-state index contributed by atoms with van der Waals surface area (Å²) in [4.78, 5) is 0. The summed E-state index contributed by atoms with van der Waals surface area (Å²) in [6.45, 7) is 0.331. The third-order valence-corrected chi connectivity index (χ3v) is 2.12. The maximum absolute atomic E-state index is 8.57. The lowest BCUT2D eigenvalue weighted by Gasteiger charge is -2.04. The predicted molar refractivity (Wildman–Crippen MR) is 37.0 cm³/mol. The number of aliphatic hydroxyl groups is 1. The van der Waals surface area contributed by atoms with Crippen molar-refractivity contribution in [3.8, 4) is 0 Å². The molecule has 0 saturated heterocycles. The molecule has 1 aliphatic carbocycles. The molecule has 0 unspecified atom stereocenters. The Kier molecular flexibility index (Phi) is 2.49. The van der Waals surface area contributed by atoms with Crippen molar-refractivity contribution in [2.75, 3.05) is 6.61 Å². The van der Waals surface area contributed by atoms with Crippen LogP contribution in [0.15, 0.2) is 0 Å². The van der Waals surface area contributed by atoms with Crippen molar-refractivity contribution < 1.29 is 5.11 Å². The zero-order valence-electron chi connectivity index (χ0n) is 5.71. The summed E-state index contributed by atoms with van der Waals surface area (Å²) in [6, 6.07) is 0.418. The summed E-state index contributed by atoms with van der Waals surface area (Å²) in [5, 5.41) is 8.57. The van der Waals surface area contributed by atoms with Crippen LogP contribution in [0, 0.1) is 5.92 Å². The molecule has 2 heteroatoms. The van der Waals surface area contributed by atoms with Crippen LogP contribution in [0.1, 0.15) is 25.7 Å². The van der Waals surface area contributed by atoms with E-state index < -0.39 is 0 Å². The van der Waals surface area contributed by atoms with E-state index in [1.807, 2.05) is 0 Å². The quantitative estimate of drug-likeness (QED) is 0.570. The fourth-order valence-corrected chi connectivity index (χ4v) is 1.56. The van der Waals surface area contributed by atoms with Gasteiger partial charge in [-0.05, 0) is 31.6 Å². The van der Waals surface area contributed by atoms with Gasteiger partial charge >= 0.3 is 0 Å². The monoisotopic (exact) mass is 129 g/mol. The third kappa shape index (κ3) is 1.95. The third-order valence-electron chi connectivity index (χ3n) is 2.12. The first-order valence-electron chi connectivity index (χ1n) is 3.69. The average molecular weight is 129 g/mol. The lowest BCUT2D eigenvalue weighted by Crippen LogP contribution is -2.14. The first kappa shape index (κ1) is 7.03. The second-order valence-corrected chi connectivity index (χ2v) is 2.95. The Morgan fingerprint density at radius 2 is 2.22 bits per heavy atom. The summed E-state index contributed by atoms with van der Waals surface area (Å²) in [7, 11) is 0. The highest BCUT2D eigenvalue weighted by molar-refractivity contribution is 4.77. The van der Waals surface area contributed by atoms with Crippen molar-refractivity contribution >= 4 is 0 Å². The molecule has 0 amide bonds. The number of aliphatic hydroxyl groups excluding tert-OH is 1. The normalized spacial score (nSPS) is 35.3. The van der Waals surface area contributed by atoms with Crippen LogP contribution in [0.4, 0.5) is 0 Å². The van der Waals surface area contributed by atoms with E-state index in [4.69, 9.17) is 10.8 Å². The predicted octanol–water partition coefficient (Wildman–Crippen LogP) is 0.496. The zero-order valence-corrected chi connectivity index (χ0v) is 5.71. The highest BCUT2D eigenvalue weighted by atomic mass is 16.3. The molecule has 2 atom stereocenters. The molecular weight excluding hydrogens is 114 g/mol. The van der Waals surface area contributed by atoms with Crippen molar-refractivity contribution in [2.45, 2.75) is 31.7 Å². The Hall–Kier alpha value is -0.0800. The van der Waals surface area contributed by atoms with Crippen LogP contribution < -0.4 is 5.73 Å². The summed E-state index contributed by atoms with van der Waals surface area (Å²) in [5.74, 6) is 0.713. The van der Waals surface area contributed by atoms with E-state index in [2.05, 4.69) is 0 Å². The van der Waals surface area contributed by atoms with Crippen LogP contribution in [-0.4, -0.2) is 17.8 Å². The van der Waals surface area contributed by atoms with Gasteiger partial charge in [0.2, 0.25) is 0 Å². The Morgan fingerprint density at radius 3 is 2.67 bits per heavy atom. The van der Waals surface area contributed by atoms with Gasteiger partial charge in [-0.25, -0.2) is 0 Å². The maximum atomic E-state index is 8.57. The van der Waals surface area contributed by atoms with E-state index in [1.54, 1.807) is 0 Å². The SMILES string of the molecule is N[C@H]1CC[C@H](CCO)C1. The second-order valence-electron chi connectivity index (χ2n) is 2.95. The molecule has 0 aromatic heterocycles. The molecule has 1 fully saturated rings. The fourth-order valence-electron chi connectivity index (χ4n) is 1.56. The smallest absolute Gasteiger partial charge is 0.0433 e. The van der Waals surface area contributed by atoms with Gasteiger partial charge < -0.3 is 10.8 Å². The standard InChI is InChI=1S/C7H15NO/c8-7-2-1-6(5-7)3-4-9/h6-7,9H,1-5,8H2/t6-,7+/m1/s1. The van der Waals surface area contributed by atoms with Crippen LogP contribution in [-0.2, 0) is 0 Å². The number of rotatable bonds is 2. The highest BCUT2D eigenvalue weighted by Crippen LogP contribution is 2.26. The van der Waals surface area contributed by atoms with Crippen LogP contribution in [0.2, 0.25) is 0 Å². The van der Waals surface area contributed by atoms with Gasteiger partial charge in [-0.3, -0.25) is 0 Å². The van der Waals surface area contributed by atoms with E-state index in [1.165, 1.54) is 6.42 Å². The zero-order chi connectivity index (χ0) is 6.69. The van der Waals surface area contributed by atoms with Gasteiger partial charge in [0.15, 0.2) is 0 Å². The Labute approximate surface area is 56.1 Å². The summed E-state index contributed by atoms with van der Waals surface area (Å²) < 4.78 is 0. The molecule has 2 nitrogen and oxygen atoms in total. The highest BCUT2D eigenvalue weighted by Gasteiger charge is 2.20. The fraction of sp³-hybridized carbons (Fsp3) is 1.00. The number of nitrogens with two attached hydrogens (primary N) is 1. The van der Waals surface area contributed by atoms with Gasteiger partial charge in [-0.2, -0.15) is 0 Å². The Bertz CT molecular complexity index is 83.0. The Balaban J connectivity index is 2.14. The van der Waals surface area contributed by atoms with Gasteiger partial charge in [-0.1, -0.05) is 0 Å². The molecule has 0 aromatic rings. The van der Waals surface area contributed by atoms with Crippen LogP contribution in [0.5, 0.6) is 0 Å². The molecule has 0 radical (unpaired) electrons. The number of hydrogen-bond donors (Lipinski definition) is 2. The topological polar surface area (TPSA) is 46.2 Å². The van der Waals surface area contributed by atoms with E-state index >= 15 is 0 Å². The average Bonchev–Trinajstić information content (AvgIpc) is 2.17. The van der Waals surface area contributed by atoms with Gasteiger partial charge in [0.1, 0.15) is 0 Å². The van der Waals surface area contributed by atoms with Crippen LogP contribution in [0.3, 0.4) is 0 Å². The van der Waals surface area contributed by atoms with Gasteiger partial charge in [0.05, 0.1) is 0 Å². The molecule has 0 spiro atoms. The minimum Gasteiger partial charge on any atom is -0.396 e. The van der Waals surface area contributed by atoms with Crippen molar-refractivity contribution in [1.29, 1.82) is 0 Å². The van der Waals surface area contributed by atoms with Gasteiger partial charge in [-0.15, -0.1) is 0 Å². The van der Waals surface area contributed by atoms with Crippen molar-refractivity contribution in [3.05, 3.63) is 0 Å². The largest absolute Gasteiger partial charge is 0.396 e. The summed E-state index contributed by atoms with van der Waals surface area (Å²) in [5.41, 5.74) is 5.67. The summed E-state index contributed by atoms with van der Waals surface area (Å²) in [6.07, 6.45) is 4.46. The van der Waals surface area contributed by atoms with Crippen molar-refractivity contribution in [1.82, 2.24) is 0 Å². The molecule has 1 aliphatic rings. The second kappa shape index (κ2) is 3.18. The molecule has 9 heavy (non-hydrogen) atoms. The maximum Gasteiger partial charge on any atom is 0.0433 e. The molecule has 0 aliphatic heterocycles. The minimum absolute atomic E-state index is 0.331. The first-order chi connectivity index (χ1) is 4.33.